The summed E-state index contributed by atoms with van der Waals surface area (Å²) in [5.74, 6) is -0.474. The lowest BCUT2D eigenvalue weighted by Gasteiger charge is -2.12. The summed E-state index contributed by atoms with van der Waals surface area (Å²) in [4.78, 5) is 30.0. The molecule has 126 valence electrons. The summed E-state index contributed by atoms with van der Waals surface area (Å²) < 4.78 is 10.7. The summed E-state index contributed by atoms with van der Waals surface area (Å²) in [7, 11) is 0. The van der Waals surface area contributed by atoms with E-state index in [1.165, 1.54) is 36.4 Å². The van der Waals surface area contributed by atoms with Gasteiger partial charge in [0.2, 0.25) is 5.88 Å². The predicted molar refractivity (Wildman–Crippen MR) is 87.9 cm³/mol. The van der Waals surface area contributed by atoms with E-state index in [-0.39, 0.29) is 29.2 Å². The standard InChI is InChI=1S/C15H15N3O5S/c1-10(24-2)23-15(19)13-7-16-9-17-14(13)22-8-11-3-5-12(6-4-11)18(20)21/h3-7,9-10H,8H2,1-2H3. The summed E-state index contributed by atoms with van der Waals surface area (Å²) in [5.41, 5.74) is 0.521. The Kier molecular flexibility index (Phi) is 6.07. The second kappa shape index (κ2) is 8.25. The lowest BCUT2D eigenvalue weighted by atomic mass is 10.2. The molecule has 0 aliphatic heterocycles. The van der Waals surface area contributed by atoms with Gasteiger partial charge in [-0.2, -0.15) is 0 Å². The minimum Gasteiger partial charge on any atom is -0.472 e. The van der Waals surface area contributed by atoms with E-state index in [0.29, 0.717) is 5.56 Å². The second-order valence-electron chi connectivity index (χ2n) is 4.66. The Morgan fingerprint density at radius 1 is 1.38 bits per heavy atom. The van der Waals surface area contributed by atoms with Crippen molar-refractivity contribution in [3.8, 4) is 5.88 Å². The molecule has 0 aliphatic carbocycles. The summed E-state index contributed by atoms with van der Waals surface area (Å²) in [6.45, 7) is 1.86. The molecule has 1 heterocycles. The number of esters is 1. The third-order valence-corrected chi connectivity index (χ3v) is 3.78. The minimum atomic E-state index is -0.573. The van der Waals surface area contributed by atoms with Gasteiger partial charge in [0, 0.05) is 18.3 Å². The van der Waals surface area contributed by atoms with E-state index in [4.69, 9.17) is 9.47 Å². The molecule has 8 nitrogen and oxygen atoms in total. The molecule has 0 radical (unpaired) electrons. The Hall–Kier alpha value is -2.68. The number of aromatic nitrogens is 2. The van der Waals surface area contributed by atoms with Crippen LogP contribution in [0.4, 0.5) is 5.69 Å². The van der Waals surface area contributed by atoms with Gasteiger partial charge in [-0.1, -0.05) is 0 Å². The number of nitrogens with zero attached hydrogens (tertiary/aromatic N) is 3. The van der Waals surface area contributed by atoms with Gasteiger partial charge < -0.3 is 9.47 Å². The number of benzene rings is 1. The van der Waals surface area contributed by atoms with Gasteiger partial charge in [-0.15, -0.1) is 11.8 Å². The minimum absolute atomic E-state index is 0.00361. The van der Waals surface area contributed by atoms with E-state index < -0.39 is 10.9 Å². The van der Waals surface area contributed by atoms with Crippen LogP contribution in [0.25, 0.3) is 0 Å². The van der Waals surface area contributed by atoms with Crippen LogP contribution in [0.3, 0.4) is 0 Å². The van der Waals surface area contributed by atoms with Crippen LogP contribution in [0.15, 0.2) is 36.8 Å². The van der Waals surface area contributed by atoms with Crippen molar-refractivity contribution in [2.45, 2.75) is 19.0 Å². The average molecular weight is 349 g/mol. The largest absolute Gasteiger partial charge is 0.472 e. The van der Waals surface area contributed by atoms with Crippen LogP contribution in [0.5, 0.6) is 5.88 Å². The van der Waals surface area contributed by atoms with Crippen LogP contribution in [-0.4, -0.2) is 32.6 Å². The van der Waals surface area contributed by atoms with Crippen LogP contribution >= 0.6 is 11.8 Å². The molecule has 1 aromatic heterocycles. The SMILES string of the molecule is CSC(C)OC(=O)c1cncnc1OCc1ccc([N+](=O)[O-])cc1. The number of hydrogen-bond donors (Lipinski definition) is 0. The van der Waals surface area contributed by atoms with Crippen molar-refractivity contribution in [2.75, 3.05) is 6.26 Å². The lowest BCUT2D eigenvalue weighted by molar-refractivity contribution is -0.384. The number of non-ortho nitro benzene ring substituents is 1. The molecule has 0 N–H and O–H groups in total. The lowest BCUT2D eigenvalue weighted by Crippen LogP contribution is -2.14. The highest BCUT2D eigenvalue weighted by molar-refractivity contribution is 7.99. The number of nitro groups is 1. The number of thioether (sulfide) groups is 1. The van der Waals surface area contributed by atoms with Gasteiger partial charge in [-0.3, -0.25) is 10.1 Å². The van der Waals surface area contributed by atoms with Gasteiger partial charge in [-0.05, 0) is 30.9 Å². The zero-order chi connectivity index (χ0) is 17.5. The summed E-state index contributed by atoms with van der Waals surface area (Å²) in [6.07, 6.45) is 4.42. The van der Waals surface area contributed by atoms with E-state index in [2.05, 4.69) is 9.97 Å². The zero-order valence-corrected chi connectivity index (χ0v) is 13.9. The molecular weight excluding hydrogens is 334 g/mol. The van der Waals surface area contributed by atoms with Crippen LogP contribution in [-0.2, 0) is 11.3 Å². The van der Waals surface area contributed by atoms with Gasteiger partial charge in [0.15, 0.2) is 0 Å². The maximum absolute atomic E-state index is 12.1. The second-order valence-corrected chi connectivity index (χ2v) is 5.80. The first-order chi connectivity index (χ1) is 11.5. The van der Waals surface area contributed by atoms with E-state index in [1.807, 2.05) is 6.26 Å². The van der Waals surface area contributed by atoms with Crippen LogP contribution in [0, 0.1) is 10.1 Å². The maximum Gasteiger partial charge on any atom is 0.346 e. The Labute approximate surface area is 142 Å². The fourth-order valence-corrected chi connectivity index (χ4v) is 1.88. The molecule has 0 fully saturated rings. The van der Waals surface area contributed by atoms with Gasteiger partial charge in [0.25, 0.3) is 5.69 Å². The number of carbonyl (C=O) groups is 1. The molecule has 2 rings (SSSR count). The monoisotopic (exact) mass is 349 g/mol. The highest BCUT2D eigenvalue weighted by Gasteiger charge is 2.18. The van der Waals surface area contributed by atoms with Crippen molar-refractivity contribution in [1.29, 1.82) is 0 Å². The Morgan fingerprint density at radius 2 is 2.08 bits per heavy atom. The van der Waals surface area contributed by atoms with E-state index in [9.17, 15) is 14.9 Å². The molecule has 1 unspecified atom stereocenters. The molecule has 1 aromatic carbocycles. The van der Waals surface area contributed by atoms with Crippen molar-refractivity contribution in [3.05, 3.63) is 58.0 Å². The quantitative estimate of drug-likeness (QED) is 0.325. The summed E-state index contributed by atoms with van der Waals surface area (Å²) >= 11 is 1.39. The van der Waals surface area contributed by atoms with E-state index >= 15 is 0 Å². The smallest absolute Gasteiger partial charge is 0.346 e. The van der Waals surface area contributed by atoms with Crippen molar-refractivity contribution >= 4 is 23.4 Å². The molecule has 1 atom stereocenters. The van der Waals surface area contributed by atoms with Gasteiger partial charge >= 0.3 is 5.97 Å². The molecule has 9 heteroatoms. The van der Waals surface area contributed by atoms with Crippen LogP contribution in [0.2, 0.25) is 0 Å². The van der Waals surface area contributed by atoms with Crippen molar-refractivity contribution in [1.82, 2.24) is 9.97 Å². The first kappa shape index (κ1) is 17.7. The molecule has 0 saturated heterocycles. The maximum atomic E-state index is 12.1. The number of carbonyl (C=O) groups excluding carboxylic acids is 1. The number of hydrogen-bond acceptors (Lipinski definition) is 8. The van der Waals surface area contributed by atoms with Gasteiger partial charge in [-0.25, -0.2) is 14.8 Å². The normalized spacial score (nSPS) is 11.6. The average Bonchev–Trinajstić information content (AvgIpc) is 2.60. The number of rotatable bonds is 7. The Bertz CT molecular complexity index is 723. The molecule has 0 aliphatic rings. The highest BCUT2D eigenvalue weighted by Crippen LogP contribution is 2.19. The van der Waals surface area contributed by atoms with Crippen molar-refractivity contribution in [2.24, 2.45) is 0 Å². The number of ether oxygens (including phenoxy) is 2. The Balaban J connectivity index is 2.07. The molecule has 2 aromatic rings. The van der Waals surface area contributed by atoms with E-state index in [0.717, 1.165) is 0 Å². The summed E-state index contributed by atoms with van der Waals surface area (Å²) in [6, 6.07) is 5.92. The topological polar surface area (TPSA) is 104 Å². The predicted octanol–water partition coefficient (Wildman–Crippen LogP) is 2.83. The van der Waals surface area contributed by atoms with Crippen LogP contribution in [0.1, 0.15) is 22.8 Å². The van der Waals surface area contributed by atoms with Gasteiger partial charge in [0.05, 0.1) is 4.92 Å². The molecule has 0 spiro atoms. The van der Waals surface area contributed by atoms with Gasteiger partial charge in [0.1, 0.15) is 23.9 Å². The zero-order valence-electron chi connectivity index (χ0n) is 13.0. The third-order valence-electron chi connectivity index (χ3n) is 3.02. The van der Waals surface area contributed by atoms with E-state index in [1.54, 1.807) is 19.1 Å². The number of nitro benzene ring substituents is 1. The molecule has 0 amide bonds. The fraction of sp³-hybridized carbons (Fsp3) is 0.267. The fourth-order valence-electron chi connectivity index (χ4n) is 1.70. The van der Waals surface area contributed by atoms with Crippen molar-refractivity contribution in [3.63, 3.8) is 0 Å². The molecule has 0 saturated carbocycles. The van der Waals surface area contributed by atoms with Crippen LogP contribution < -0.4 is 4.74 Å². The molecule has 24 heavy (non-hydrogen) atoms. The first-order valence-electron chi connectivity index (χ1n) is 6.91. The molecule has 0 bridgehead atoms. The third kappa shape index (κ3) is 4.66. The summed E-state index contributed by atoms with van der Waals surface area (Å²) in [5, 5.41) is 10.6. The Morgan fingerprint density at radius 3 is 2.71 bits per heavy atom. The molecular formula is C15H15N3O5S. The van der Waals surface area contributed by atoms with Crippen molar-refractivity contribution < 1.29 is 19.2 Å². The highest BCUT2D eigenvalue weighted by atomic mass is 32.2. The first-order valence-corrected chi connectivity index (χ1v) is 8.20.